The van der Waals surface area contributed by atoms with Gasteiger partial charge in [0.1, 0.15) is 0 Å². The molecule has 1 fully saturated rings. The zero-order chi connectivity index (χ0) is 12.9. The van der Waals surface area contributed by atoms with Gasteiger partial charge in [0.15, 0.2) is 0 Å². The van der Waals surface area contributed by atoms with Gasteiger partial charge in [-0.15, -0.1) is 0 Å². The standard InChI is InChI=1S/C11H25N3O2S/c1-4-7-13-17(15,16)14(10(2)3)9-11-6-5-8-12-11/h10-13H,4-9H2,1-3H3. The van der Waals surface area contributed by atoms with Crippen LogP contribution < -0.4 is 10.0 Å². The summed E-state index contributed by atoms with van der Waals surface area (Å²) in [5.41, 5.74) is 0. The Kier molecular flexibility index (Phi) is 5.85. The molecule has 0 bridgehead atoms. The number of nitrogens with one attached hydrogen (secondary N) is 2. The lowest BCUT2D eigenvalue weighted by molar-refractivity contribution is 0.318. The molecule has 0 spiro atoms. The lowest BCUT2D eigenvalue weighted by Crippen LogP contribution is -2.49. The molecule has 102 valence electrons. The van der Waals surface area contributed by atoms with Crippen molar-refractivity contribution in [1.29, 1.82) is 0 Å². The second-order valence-electron chi connectivity index (χ2n) is 4.86. The van der Waals surface area contributed by atoms with Gasteiger partial charge < -0.3 is 5.32 Å². The Morgan fingerprint density at radius 3 is 2.65 bits per heavy atom. The van der Waals surface area contributed by atoms with Crippen LogP contribution in [0, 0.1) is 0 Å². The number of nitrogens with zero attached hydrogens (tertiary/aromatic N) is 1. The summed E-state index contributed by atoms with van der Waals surface area (Å²) in [7, 11) is -3.33. The first-order valence-corrected chi connectivity index (χ1v) is 7.91. The van der Waals surface area contributed by atoms with Crippen molar-refractivity contribution in [3.05, 3.63) is 0 Å². The molecule has 1 atom stereocenters. The summed E-state index contributed by atoms with van der Waals surface area (Å²) in [4.78, 5) is 0. The summed E-state index contributed by atoms with van der Waals surface area (Å²) < 4.78 is 28.4. The molecule has 0 aromatic rings. The van der Waals surface area contributed by atoms with Crippen LogP contribution in [-0.2, 0) is 10.2 Å². The molecule has 1 heterocycles. The summed E-state index contributed by atoms with van der Waals surface area (Å²) in [6.07, 6.45) is 3.01. The topological polar surface area (TPSA) is 61.4 Å². The van der Waals surface area contributed by atoms with Crippen LogP contribution in [-0.4, -0.2) is 44.4 Å². The van der Waals surface area contributed by atoms with Crippen LogP contribution in [0.25, 0.3) is 0 Å². The van der Waals surface area contributed by atoms with Crippen molar-refractivity contribution in [2.45, 2.75) is 52.1 Å². The zero-order valence-electron chi connectivity index (χ0n) is 11.1. The van der Waals surface area contributed by atoms with E-state index in [2.05, 4.69) is 10.0 Å². The molecule has 0 aromatic carbocycles. The van der Waals surface area contributed by atoms with Crippen molar-refractivity contribution in [2.75, 3.05) is 19.6 Å². The highest BCUT2D eigenvalue weighted by atomic mass is 32.2. The Hall–Kier alpha value is -0.170. The van der Waals surface area contributed by atoms with E-state index in [1.165, 1.54) is 0 Å². The van der Waals surface area contributed by atoms with Crippen molar-refractivity contribution >= 4 is 10.2 Å². The molecule has 17 heavy (non-hydrogen) atoms. The number of hydrogen-bond donors (Lipinski definition) is 2. The number of hydrogen-bond acceptors (Lipinski definition) is 3. The second kappa shape index (κ2) is 6.68. The predicted molar refractivity (Wildman–Crippen MR) is 70.1 cm³/mol. The maximum absolute atomic E-state index is 12.1. The molecular formula is C11H25N3O2S. The highest BCUT2D eigenvalue weighted by Gasteiger charge is 2.28. The fraction of sp³-hybridized carbons (Fsp3) is 1.00. The predicted octanol–water partition coefficient (Wildman–Crippen LogP) is 0.693. The van der Waals surface area contributed by atoms with Crippen LogP contribution in [0.4, 0.5) is 0 Å². The van der Waals surface area contributed by atoms with Gasteiger partial charge in [-0.1, -0.05) is 6.92 Å². The minimum Gasteiger partial charge on any atom is -0.313 e. The quantitative estimate of drug-likeness (QED) is 0.710. The minimum absolute atomic E-state index is 0.00763. The fourth-order valence-electron chi connectivity index (χ4n) is 2.03. The lowest BCUT2D eigenvalue weighted by Gasteiger charge is -2.28. The van der Waals surface area contributed by atoms with E-state index in [4.69, 9.17) is 0 Å². The third-order valence-electron chi connectivity index (χ3n) is 2.98. The molecule has 1 aliphatic heterocycles. The van der Waals surface area contributed by atoms with E-state index < -0.39 is 10.2 Å². The van der Waals surface area contributed by atoms with Crippen molar-refractivity contribution in [3.8, 4) is 0 Å². The van der Waals surface area contributed by atoms with Crippen LogP contribution in [0.15, 0.2) is 0 Å². The van der Waals surface area contributed by atoms with Crippen LogP contribution in [0.3, 0.4) is 0 Å². The molecule has 0 aliphatic carbocycles. The Bertz CT molecular complexity index is 311. The molecular weight excluding hydrogens is 238 g/mol. The fourth-order valence-corrected chi connectivity index (χ4v) is 3.59. The van der Waals surface area contributed by atoms with E-state index in [1.54, 1.807) is 4.31 Å². The van der Waals surface area contributed by atoms with Crippen LogP contribution in [0.5, 0.6) is 0 Å². The smallest absolute Gasteiger partial charge is 0.279 e. The van der Waals surface area contributed by atoms with Crippen molar-refractivity contribution < 1.29 is 8.42 Å². The first kappa shape index (κ1) is 14.9. The van der Waals surface area contributed by atoms with Gasteiger partial charge >= 0.3 is 0 Å². The van der Waals surface area contributed by atoms with Crippen molar-refractivity contribution in [1.82, 2.24) is 14.3 Å². The molecule has 1 aliphatic rings. The van der Waals surface area contributed by atoms with Crippen LogP contribution >= 0.6 is 0 Å². The summed E-state index contributed by atoms with van der Waals surface area (Å²) >= 11 is 0. The first-order valence-electron chi connectivity index (χ1n) is 6.47. The molecule has 1 rings (SSSR count). The van der Waals surface area contributed by atoms with Crippen LogP contribution in [0.1, 0.15) is 40.0 Å². The monoisotopic (exact) mass is 263 g/mol. The molecule has 0 amide bonds. The summed E-state index contributed by atoms with van der Waals surface area (Å²) in [5, 5.41) is 3.34. The first-order chi connectivity index (χ1) is 7.97. The molecule has 2 N–H and O–H groups in total. The zero-order valence-corrected chi connectivity index (χ0v) is 11.9. The van der Waals surface area contributed by atoms with Gasteiger partial charge in [0, 0.05) is 25.2 Å². The normalized spacial score (nSPS) is 21.6. The molecule has 1 saturated heterocycles. The van der Waals surface area contributed by atoms with E-state index in [0.717, 1.165) is 25.8 Å². The molecule has 0 saturated carbocycles. The molecule has 6 heteroatoms. The SMILES string of the molecule is CCCNS(=O)(=O)N(CC1CCCN1)C(C)C. The van der Waals surface area contributed by atoms with E-state index in [0.29, 0.717) is 19.1 Å². The van der Waals surface area contributed by atoms with E-state index >= 15 is 0 Å². The summed E-state index contributed by atoms with van der Waals surface area (Å²) in [6, 6.07) is 0.294. The Labute approximate surface area is 105 Å². The second-order valence-corrected chi connectivity index (χ2v) is 6.56. The van der Waals surface area contributed by atoms with E-state index in [1.807, 2.05) is 20.8 Å². The van der Waals surface area contributed by atoms with Crippen molar-refractivity contribution in [2.24, 2.45) is 0 Å². The maximum Gasteiger partial charge on any atom is 0.279 e. The van der Waals surface area contributed by atoms with Gasteiger partial charge in [-0.25, -0.2) is 4.72 Å². The summed E-state index contributed by atoms with van der Waals surface area (Å²) in [6.45, 7) is 7.86. The molecule has 5 nitrogen and oxygen atoms in total. The van der Waals surface area contributed by atoms with Gasteiger partial charge in [-0.3, -0.25) is 0 Å². The molecule has 0 aromatic heterocycles. The van der Waals surface area contributed by atoms with Gasteiger partial charge in [-0.05, 0) is 39.7 Å². The third-order valence-corrected chi connectivity index (χ3v) is 4.74. The van der Waals surface area contributed by atoms with Gasteiger partial charge in [0.2, 0.25) is 0 Å². The molecule has 1 unspecified atom stereocenters. The molecule has 0 radical (unpaired) electrons. The van der Waals surface area contributed by atoms with E-state index in [-0.39, 0.29) is 6.04 Å². The number of rotatable bonds is 7. The Morgan fingerprint density at radius 2 is 2.18 bits per heavy atom. The third kappa shape index (κ3) is 4.54. The maximum atomic E-state index is 12.1. The largest absolute Gasteiger partial charge is 0.313 e. The van der Waals surface area contributed by atoms with Gasteiger partial charge in [-0.2, -0.15) is 12.7 Å². The Balaban J connectivity index is 2.63. The van der Waals surface area contributed by atoms with Crippen LogP contribution in [0.2, 0.25) is 0 Å². The Morgan fingerprint density at radius 1 is 1.47 bits per heavy atom. The minimum atomic E-state index is -3.33. The van der Waals surface area contributed by atoms with Gasteiger partial charge in [0.05, 0.1) is 0 Å². The van der Waals surface area contributed by atoms with Gasteiger partial charge in [0.25, 0.3) is 10.2 Å². The summed E-state index contributed by atoms with van der Waals surface area (Å²) in [5.74, 6) is 0. The average molecular weight is 263 g/mol. The highest BCUT2D eigenvalue weighted by molar-refractivity contribution is 7.87. The van der Waals surface area contributed by atoms with Crippen molar-refractivity contribution in [3.63, 3.8) is 0 Å². The van der Waals surface area contributed by atoms with E-state index in [9.17, 15) is 8.42 Å². The highest BCUT2D eigenvalue weighted by Crippen LogP contribution is 2.12. The lowest BCUT2D eigenvalue weighted by atomic mass is 10.2. The average Bonchev–Trinajstić information content (AvgIpc) is 2.75.